The molecule has 2 heterocycles. The maximum Gasteiger partial charge on any atom is 0.321 e. The topological polar surface area (TPSA) is 69.6 Å². The Bertz CT molecular complexity index is 1130. The molecule has 168 valence electrons. The molecule has 5 rings (SSSR count). The zero-order valence-corrected chi connectivity index (χ0v) is 19.0. The third kappa shape index (κ3) is 2.60. The van der Waals surface area contributed by atoms with Crippen molar-refractivity contribution < 1.29 is 19.1 Å². The van der Waals surface area contributed by atoms with Gasteiger partial charge in [-0.25, -0.2) is 4.39 Å². The summed E-state index contributed by atoms with van der Waals surface area (Å²) in [6.45, 7) is 0. The van der Waals surface area contributed by atoms with Crippen LogP contribution in [0.2, 0.25) is 10.0 Å². The first kappa shape index (κ1) is 21.7. The highest BCUT2D eigenvalue weighted by Gasteiger charge is 2.74. The van der Waals surface area contributed by atoms with Crippen molar-refractivity contribution in [2.75, 3.05) is 12.4 Å². The number of carbonyl (C=O) groups excluding carboxylic acids is 1. The van der Waals surface area contributed by atoms with Crippen LogP contribution in [0.5, 0.6) is 0 Å². The second-order valence-corrected chi connectivity index (χ2v) is 9.90. The van der Waals surface area contributed by atoms with Crippen molar-refractivity contribution in [3.63, 3.8) is 0 Å². The minimum absolute atomic E-state index is 0.0937. The van der Waals surface area contributed by atoms with E-state index in [-0.39, 0.29) is 16.5 Å². The lowest BCUT2D eigenvalue weighted by molar-refractivity contribution is -0.143. The Kier molecular flexibility index (Phi) is 5.04. The summed E-state index contributed by atoms with van der Waals surface area (Å²) in [6.07, 6.45) is 4.01. The summed E-state index contributed by atoms with van der Waals surface area (Å²) in [5.74, 6) is -3.05. The summed E-state index contributed by atoms with van der Waals surface area (Å²) in [5.41, 5.74) is -0.696. The highest BCUT2D eigenvalue weighted by Crippen LogP contribution is 2.66. The van der Waals surface area contributed by atoms with Gasteiger partial charge in [-0.1, -0.05) is 60.7 Å². The second-order valence-electron chi connectivity index (χ2n) is 9.06. The van der Waals surface area contributed by atoms with Gasteiger partial charge in [-0.15, -0.1) is 0 Å². The number of amides is 1. The number of benzene rings is 2. The van der Waals surface area contributed by atoms with Gasteiger partial charge in [0.25, 0.3) is 0 Å². The maximum absolute atomic E-state index is 15.5. The number of nitrogens with zero attached hydrogens (tertiary/aromatic N) is 1. The fourth-order valence-electron chi connectivity index (χ4n) is 6.73. The van der Waals surface area contributed by atoms with Crippen molar-refractivity contribution in [1.29, 1.82) is 0 Å². The van der Waals surface area contributed by atoms with Crippen LogP contribution in [0.1, 0.15) is 49.1 Å². The molecule has 3 aliphatic rings. The van der Waals surface area contributed by atoms with Crippen LogP contribution in [0.3, 0.4) is 0 Å². The minimum atomic E-state index is -1.29. The number of aliphatic carboxylic acids is 1. The SMILES string of the molecule is CN1[C@@H](C(=O)O)[C@H](c2cccc(Cl)c2F)[C@]2(C(=O)Nc3cc(Cl)ccc32)C12CCCCC2. The van der Waals surface area contributed by atoms with Crippen LogP contribution >= 0.6 is 23.2 Å². The van der Waals surface area contributed by atoms with Gasteiger partial charge in [0.1, 0.15) is 17.3 Å². The number of carboxylic acids is 1. The number of halogens is 3. The number of rotatable bonds is 2. The average molecular weight is 477 g/mol. The lowest BCUT2D eigenvalue weighted by Crippen LogP contribution is -2.60. The van der Waals surface area contributed by atoms with Crippen molar-refractivity contribution in [2.45, 2.75) is 55.0 Å². The Morgan fingerprint density at radius 1 is 1.19 bits per heavy atom. The predicted molar refractivity (Wildman–Crippen MR) is 121 cm³/mol. The molecule has 0 aromatic heterocycles. The smallest absolute Gasteiger partial charge is 0.321 e. The fraction of sp³-hybridized carbons (Fsp3) is 0.417. The summed E-state index contributed by atoms with van der Waals surface area (Å²) < 4.78 is 15.5. The number of likely N-dealkylation sites (tertiary alicyclic amines) is 1. The van der Waals surface area contributed by atoms with Crippen LogP contribution in [-0.4, -0.2) is 40.5 Å². The molecule has 0 unspecified atom stereocenters. The summed E-state index contributed by atoms with van der Waals surface area (Å²) >= 11 is 12.3. The molecule has 1 saturated heterocycles. The molecule has 1 aliphatic carbocycles. The summed E-state index contributed by atoms with van der Waals surface area (Å²) in [4.78, 5) is 28.5. The summed E-state index contributed by atoms with van der Waals surface area (Å²) in [7, 11) is 1.76. The maximum atomic E-state index is 15.5. The molecule has 0 bridgehead atoms. The van der Waals surface area contributed by atoms with Crippen LogP contribution in [-0.2, 0) is 15.0 Å². The molecule has 32 heavy (non-hydrogen) atoms. The molecular weight excluding hydrogens is 454 g/mol. The third-order valence-electron chi connectivity index (χ3n) is 7.87. The third-order valence-corrected chi connectivity index (χ3v) is 8.40. The quantitative estimate of drug-likeness (QED) is 0.624. The van der Waals surface area contributed by atoms with Gasteiger partial charge >= 0.3 is 5.97 Å². The van der Waals surface area contributed by atoms with E-state index in [4.69, 9.17) is 23.2 Å². The lowest BCUT2D eigenvalue weighted by atomic mass is 9.55. The molecule has 3 atom stereocenters. The van der Waals surface area contributed by atoms with E-state index in [1.807, 2.05) is 4.90 Å². The minimum Gasteiger partial charge on any atom is -0.480 e. The first-order valence-corrected chi connectivity index (χ1v) is 11.5. The Morgan fingerprint density at radius 3 is 2.59 bits per heavy atom. The zero-order chi connectivity index (χ0) is 22.8. The predicted octanol–water partition coefficient (Wildman–Crippen LogP) is 5.21. The Hall–Kier alpha value is -2.15. The molecule has 1 saturated carbocycles. The van der Waals surface area contributed by atoms with E-state index in [0.717, 1.165) is 19.3 Å². The summed E-state index contributed by atoms with van der Waals surface area (Å²) in [5, 5.41) is 13.7. The van der Waals surface area contributed by atoms with Gasteiger partial charge in [-0.2, -0.15) is 0 Å². The molecule has 2 spiro atoms. The second kappa shape index (κ2) is 7.44. The Labute approximate surface area is 195 Å². The molecular formula is C24H23Cl2FN2O3. The molecule has 2 aliphatic heterocycles. The first-order valence-electron chi connectivity index (χ1n) is 10.8. The zero-order valence-electron chi connectivity index (χ0n) is 17.5. The normalized spacial score (nSPS) is 28.8. The largest absolute Gasteiger partial charge is 0.480 e. The van der Waals surface area contributed by atoms with Crippen molar-refractivity contribution in [2.24, 2.45) is 0 Å². The highest BCUT2D eigenvalue weighted by molar-refractivity contribution is 6.31. The number of hydrogen-bond acceptors (Lipinski definition) is 3. The van der Waals surface area contributed by atoms with Crippen LogP contribution in [0.15, 0.2) is 36.4 Å². The lowest BCUT2D eigenvalue weighted by Gasteiger charge is -2.49. The van der Waals surface area contributed by atoms with Crippen molar-refractivity contribution in [1.82, 2.24) is 4.90 Å². The number of carbonyl (C=O) groups is 2. The number of hydrogen-bond donors (Lipinski definition) is 2. The van der Waals surface area contributed by atoms with Crippen molar-refractivity contribution >= 4 is 40.8 Å². The van der Waals surface area contributed by atoms with E-state index in [0.29, 0.717) is 29.1 Å². The average Bonchev–Trinajstić information content (AvgIpc) is 3.16. The van der Waals surface area contributed by atoms with Gasteiger partial charge in [0.2, 0.25) is 5.91 Å². The first-order chi connectivity index (χ1) is 15.3. The Balaban J connectivity index is 1.90. The number of carboxylic acid groups (broad SMARTS) is 1. The fourth-order valence-corrected chi connectivity index (χ4v) is 7.08. The molecule has 8 heteroatoms. The molecule has 5 nitrogen and oxygen atoms in total. The van der Waals surface area contributed by atoms with E-state index >= 15 is 4.39 Å². The number of likely N-dealkylation sites (N-methyl/N-ethyl adjacent to an activating group) is 1. The van der Waals surface area contributed by atoms with E-state index in [1.54, 1.807) is 37.4 Å². The van der Waals surface area contributed by atoms with Gasteiger partial charge in [0.05, 0.1) is 5.02 Å². The van der Waals surface area contributed by atoms with Gasteiger partial charge in [0.15, 0.2) is 0 Å². The number of nitrogens with one attached hydrogen (secondary N) is 1. The molecule has 2 aromatic carbocycles. The van der Waals surface area contributed by atoms with Gasteiger partial charge < -0.3 is 10.4 Å². The molecule has 2 fully saturated rings. The van der Waals surface area contributed by atoms with E-state index in [9.17, 15) is 14.7 Å². The van der Waals surface area contributed by atoms with E-state index < -0.39 is 34.7 Å². The van der Waals surface area contributed by atoms with E-state index in [2.05, 4.69) is 5.32 Å². The van der Waals surface area contributed by atoms with Crippen molar-refractivity contribution in [3.05, 3.63) is 63.4 Å². The Morgan fingerprint density at radius 2 is 1.91 bits per heavy atom. The van der Waals surface area contributed by atoms with Crippen LogP contribution < -0.4 is 5.32 Å². The van der Waals surface area contributed by atoms with Gasteiger partial charge in [-0.05, 0) is 49.2 Å². The van der Waals surface area contributed by atoms with Crippen LogP contribution in [0, 0.1) is 5.82 Å². The van der Waals surface area contributed by atoms with Gasteiger partial charge in [0, 0.05) is 22.2 Å². The monoisotopic (exact) mass is 476 g/mol. The molecule has 1 amide bonds. The van der Waals surface area contributed by atoms with Crippen LogP contribution in [0.25, 0.3) is 0 Å². The molecule has 0 radical (unpaired) electrons. The molecule has 2 aromatic rings. The summed E-state index contributed by atoms with van der Waals surface area (Å²) in [6, 6.07) is 8.67. The highest BCUT2D eigenvalue weighted by atomic mass is 35.5. The number of anilines is 1. The van der Waals surface area contributed by atoms with Crippen molar-refractivity contribution in [3.8, 4) is 0 Å². The van der Waals surface area contributed by atoms with E-state index in [1.165, 1.54) is 6.07 Å². The van der Waals surface area contributed by atoms with Gasteiger partial charge in [-0.3, -0.25) is 14.5 Å². The molecule has 2 N–H and O–H groups in total. The number of fused-ring (bicyclic) bond motifs is 3. The standard InChI is InChI=1S/C24H23Cl2FN2O3/c1-29-20(21(30)31)18(14-6-5-7-16(26)19(14)27)24(23(29)10-3-2-4-11-23)15-9-8-13(25)12-17(15)28-22(24)32/h5-9,12,18,20H,2-4,10-11H2,1H3,(H,28,32)(H,30,31)/t18-,20+,24+/m0/s1. The van der Waals surface area contributed by atoms with Crippen LogP contribution in [0.4, 0.5) is 10.1 Å².